The van der Waals surface area contributed by atoms with Crippen LogP contribution in [-0.2, 0) is 6.42 Å². The molecule has 0 saturated carbocycles. The van der Waals surface area contributed by atoms with Gasteiger partial charge in [-0.15, -0.1) is 10.2 Å². The predicted octanol–water partition coefficient (Wildman–Crippen LogP) is 2.66. The summed E-state index contributed by atoms with van der Waals surface area (Å²) in [6.45, 7) is 5.80. The molecule has 5 heteroatoms. The molecular formula is C14H19ClN4. The molecular weight excluding hydrogens is 260 g/mol. The Labute approximate surface area is 118 Å². The van der Waals surface area contributed by atoms with E-state index >= 15 is 0 Å². The molecule has 2 aromatic rings. The van der Waals surface area contributed by atoms with Crippen molar-refractivity contribution in [3.05, 3.63) is 29.2 Å². The highest BCUT2D eigenvalue weighted by Gasteiger charge is 2.21. The molecule has 0 radical (unpaired) electrons. The van der Waals surface area contributed by atoms with Gasteiger partial charge in [-0.1, -0.05) is 18.5 Å². The van der Waals surface area contributed by atoms with E-state index < -0.39 is 0 Å². The van der Waals surface area contributed by atoms with E-state index in [2.05, 4.69) is 26.4 Å². The Hall–Kier alpha value is -1.13. The highest BCUT2D eigenvalue weighted by atomic mass is 35.5. The number of piperidine rings is 1. The van der Waals surface area contributed by atoms with Crippen LogP contribution in [0.5, 0.6) is 0 Å². The third kappa shape index (κ3) is 2.74. The van der Waals surface area contributed by atoms with Gasteiger partial charge in [-0.05, 0) is 37.9 Å². The molecule has 2 aromatic heterocycles. The van der Waals surface area contributed by atoms with E-state index in [-0.39, 0.29) is 0 Å². The van der Waals surface area contributed by atoms with Gasteiger partial charge < -0.3 is 4.90 Å². The summed E-state index contributed by atoms with van der Waals surface area (Å²) in [6, 6.07) is 3.75. The number of hydrogen-bond donors (Lipinski definition) is 0. The van der Waals surface area contributed by atoms with Gasteiger partial charge in [-0.25, -0.2) is 0 Å². The number of nitrogens with zero attached hydrogens (tertiary/aromatic N) is 4. The number of pyridine rings is 1. The Morgan fingerprint density at radius 3 is 3.16 bits per heavy atom. The molecule has 0 N–H and O–H groups in total. The summed E-state index contributed by atoms with van der Waals surface area (Å²) < 4.78 is 2.05. The van der Waals surface area contributed by atoms with Gasteiger partial charge in [0.15, 0.2) is 5.65 Å². The molecule has 1 fully saturated rings. The molecule has 0 aromatic carbocycles. The van der Waals surface area contributed by atoms with E-state index in [1.54, 1.807) is 0 Å². The van der Waals surface area contributed by atoms with Crippen molar-refractivity contribution in [2.45, 2.75) is 26.2 Å². The van der Waals surface area contributed by atoms with Crippen LogP contribution in [0, 0.1) is 5.92 Å². The number of likely N-dealkylation sites (tertiary alicyclic amines) is 1. The van der Waals surface area contributed by atoms with Gasteiger partial charge in [-0.3, -0.25) is 4.40 Å². The van der Waals surface area contributed by atoms with Crippen LogP contribution in [-0.4, -0.2) is 39.1 Å². The van der Waals surface area contributed by atoms with Crippen molar-refractivity contribution < 1.29 is 0 Å². The molecule has 0 bridgehead atoms. The fourth-order valence-electron chi connectivity index (χ4n) is 2.92. The molecule has 1 atom stereocenters. The standard InChI is InChI=1S/C14H19ClN4/c1-2-18-6-3-4-11(10-18)8-13-16-17-14-9-12(15)5-7-19(13)14/h5,7,9,11H,2-4,6,8,10H2,1H3. The molecule has 0 aliphatic carbocycles. The second-order valence-corrected chi connectivity index (χ2v) is 5.73. The van der Waals surface area contributed by atoms with E-state index in [9.17, 15) is 0 Å². The second-order valence-electron chi connectivity index (χ2n) is 5.29. The van der Waals surface area contributed by atoms with Gasteiger partial charge in [0, 0.05) is 30.3 Å². The molecule has 0 spiro atoms. The first-order valence-corrected chi connectivity index (χ1v) is 7.35. The van der Waals surface area contributed by atoms with Crippen LogP contribution in [0.15, 0.2) is 18.3 Å². The molecule has 1 unspecified atom stereocenters. The van der Waals surface area contributed by atoms with E-state index in [0.717, 1.165) is 24.4 Å². The first-order chi connectivity index (χ1) is 9.26. The molecule has 3 heterocycles. The first kappa shape index (κ1) is 12.9. The normalized spacial score (nSPS) is 21.1. The van der Waals surface area contributed by atoms with Gasteiger partial charge in [0.25, 0.3) is 0 Å². The van der Waals surface area contributed by atoms with Crippen LogP contribution in [0.1, 0.15) is 25.6 Å². The summed E-state index contributed by atoms with van der Waals surface area (Å²) in [4.78, 5) is 2.52. The average Bonchev–Trinajstić information content (AvgIpc) is 2.81. The van der Waals surface area contributed by atoms with Crippen molar-refractivity contribution in [2.75, 3.05) is 19.6 Å². The summed E-state index contributed by atoms with van der Waals surface area (Å²) in [5, 5.41) is 9.23. The summed E-state index contributed by atoms with van der Waals surface area (Å²) in [5.74, 6) is 1.74. The quantitative estimate of drug-likeness (QED) is 0.865. The van der Waals surface area contributed by atoms with Gasteiger partial charge in [-0.2, -0.15) is 0 Å². The maximum Gasteiger partial charge on any atom is 0.162 e. The zero-order chi connectivity index (χ0) is 13.2. The molecule has 1 saturated heterocycles. The molecule has 1 aliphatic heterocycles. The van der Waals surface area contributed by atoms with E-state index in [4.69, 9.17) is 11.6 Å². The minimum absolute atomic E-state index is 0.691. The number of fused-ring (bicyclic) bond motifs is 1. The van der Waals surface area contributed by atoms with Crippen molar-refractivity contribution in [3.8, 4) is 0 Å². The predicted molar refractivity (Wildman–Crippen MR) is 76.5 cm³/mol. The van der Waals surface area contributed by atoms with Crippen molar-refractivity contribution in [2.24, 2.45) is 5.92 Å². The first-order valence-electron chi connectivity index (χ1n) is 6.98. The van der Waals surface area contributed by atoms with E-state index in [0.29, 0.717) is 10.9 Å². The third-order valence-electron chi connectivity index (χ3n) is 3.96. The lowest BCUT2D eigenvalue weighted by atomic mass is 9.94. The highest BCUT2D eigenvalue weighted by molar-refractivity contribution is 6.30. The molecule has 0 amide bonds. The SMILES string of the molecule is CCN1CCCC(Cc2nnc3cc(Cl)ccn23)C1. The van der Waals surface area contributed by atoms with Gasteiger partial charge >= 0.3 is 0 Å². The van der Waals surface area contributed by atoms with Crippen molar-refractivity contribution in [1.29, 1.82) is 0 Å². The number of hydrogen-bond acceptors (Lipinski definition) is 3. The largest absolute Gasteiger partial charge is 0.303 e. The number of rotatable bonds is 3. The van der Waals surface area contributed by atoms with Crippen LogP contribution >= 0.6 is 11.6 Å². The molecule has 102 valence electrons. The Bertz CT molecular complexity index is 566. The summed E-state index contributed by atoms with van der Waals surface area (Å²) in [7, 11) is 0. The smallest absolute Gasteiger partial charge is 0.162 e. The fourth-order valence-corrected chi connectivity index (χ4v) is 3.07. The van der Waals surface area contributed by atoms with Gasteiger partial charge in [0.2, 0.25) is 0 Å². The minimum atomic E-state index is 0.691. The Morgan fingerprint density at radius 1 is 1.42 bits per heavy atom. The summed E-state index contributed by atoms with van der Waals surface area (Å²) in [5.41, 5.74) is 0.839. The lowest BCUT2D eigenvalue weighted by molar-refractivity contribution is 0.180. The second kappa shape index (κ2) is 5.47. The lowest BCUT2D eigenvalue weighted by Gasteiger charge is -2.31. The van der Waals surface area contributed by atoms with Crippen LogP contribution in [0.3, 0.4) is 0 Å². The fraction of sp³-hybridized carbons (Fsp3) is 0.571. The molecule has 1 aliphatic rings. The van der Waals surface area contributed by atoms with Crippen LogP contribution in [0.25, 0.3) is 5.65 Å². The Kier molecular flexibility index (Phi) is 3.71. The summed E-state index contributed by atoms with van der Waals surface area (Å²) >= 11 is 5.97. The zero-order valence-electron chi connectivity index (χ0n) is 11.2. The lowest BCUT2D eigenvalue weighted by Crippen LogP contribution is -2.36. The molecule has 19 heavy (non-hydrogen) atoms. The average molecular weight is 279 g/mol. The maximum absolute atomic E-state index is 5.97. The summed E-state index contributed by atoms with van der Waals surface area (Å²) in [6.07, 6.45) is 5.55. The Morgan fingerprint density at radius 2 is 2.32 bits per heavy atom. The van der Waals surface area contributed by atoms with Gasteiger partial charge in [0.05, 0.1) is 0 Å². The van der Waals surface area contributed by atoms with E-state index in [1.165, 1.54) is 25.9 Å². The molecule has 4 nitrogen and oxygen atoms in total. The van der Waals surface area contributed by atoms with Crippen LogP contribution in [0.2, 0.25) is 5.02 Å². The maximum atomic E-state index is 5.97. The third-order valence-corrected chi connectivity index (χ3v) is 4.20. The van der Waals surface area contributed by atoms with Gasteiger partial charge in [0.1, 0.15) is 5.82 Å². The van der Waals surface area contributed by atoms with Crippen LogP contribution in [0.4, 0.5) is 0 Å². The number of aromatic nitrogens is 3. The highest BCUT2D eigenvalue weighted by Crippen LogP contribution is 2.21. The van der Waals surface area contributed by atoms with E-state index in [1.807, 2.05) is 18.3 Å². The monoisotopic (exact) mass is 278 g/mol. The topological polar surface area (TPSA) is 33.4 Å². The van der Waals surface area contributed by atoms with Crippen molar-refractivity contribution >= 4 is 17.2 Å². The van der Waals surface area contributed by atoms with Crippen molar-refractivity contribution in [1.82, 2.24) is 19.5 Å². The van der Waals surface area contributed by atoms with Crippen molar-refractivity contribution in [3.63, 3.8) is 0 Å². The minimum Gasteiger partial charge on any atom is -0.303 e. The zero-order valence-corrected chi connectivity index (χ0v) is 12.0. The Balaban J connectivity index is 1.77. The van der Waals surface area contributed by atoms with Crippen LogP contribution < -0.4 is 0 Å². The number of halogens is 1. The molecule has 3 rings (SSSR count).